The molecule has 1 atom stereocenters. The van der Waals surface area contributed by atoms with Crippen molar-refractivity contribution >= 4 is 42.9 Å². The van der Waals surface area contributed by atoms with Gasteiger partial charge in [-0.25, -0.2) is 19.2 Å². The summed E-state index contributed by atoms with van der Waals surface area (Å²) in [6.07, 6.45) is 6.50. The summed E-state index contributed by atoms with van der Waals surface area (Å²) in [6, 6.07) is 6.92. The predicted molar refractivity (Wildman–Crippen MR) is 116 cm³/mol. The van der Waals surface area contributed by atoms with Crippen molar-refractivity contribution in [3.8, 4) is 0 Å². The van der Waals surface area contributed by atoms with Gasteiger partial charge in [0.1, 0.15) is 5.69 Å². The lowest BCUT2D eigenvalue weighted by atomic mass is 10.1. The summed E-state index contributed by atoms with van der Waals surface area (Å²) in [7, 11) is -2.20. The normalized spacial score (nSPS) is 17.0. The monoisotopic (exact) mass is 416 g/mol. The van der Waals surface area contributed by atoms with Crippen LogP contribution in [0.15, 0.2) is 40.5 Å². The van der Waals surface area contributed by atoms with Crippen LogP contribution >= 0.6 is 11.3 Å². The molecule has 1 aromatic carbocycles. The number of thiazole rings is 1. The lowest BCUT2D eigenvalue weighted by molar-refractivity contribution is 0.198. The van der Waals surface area contributed by atoms with Crippen LogP contribution < -0.4 is 4.90 Å². The summed E-state index contributed by atoms with van der Waals surface area (Å²) >= 11 is 1.68. The molecular weight excluding hydrogens is 392 g/mol. The van der Waals surface area contributed by atoms with Crippen molar-refractivity contribution in [3.05, 3.63) is 41.7 Å². The maximum Gasteiger partial charge on any atom is 0.225 e. The van der Waals surface area contributed by atoms with Gasteiger partial charge < -0.3 is 4.90 Å². The molecule has 0 saturated carbocycles. The quantitative estimate of drug-likeness (QED) is 0.649. The Morgan fingerprint density at radius 1 is 1.11 bits per heavy atom. The van der Waals surface area contributed by atoms with E-state index in [1.54, 1.807) is 36.2 Å². The van der Waals surface area contributed by atoms with Crippen LogP contribution in [-0.4, -0.2) is 62.8 Å². The van der Waals surface area contributed by atoms with Crippen LogP contribution in [0, 0.1) is 0 Å². The average molecular weight is 417 g/mol. The number of anilines is 1. The van der Waals surface area contributed by atoms with Crippen LogP contribution in [0.4, 0.5) is 11.6 Å². The lowest BCUT2D eigenvalue weighted by Crippen LogP contribution is -2.47. The third kappa shape index (κ3) is 4.31. The van der Waals surface area contributed by atoms with Crippen LogP contribution in [-0.2, 0) is 9.73 Å². The van der Waals surface area contributed by atoms with Crippen LogP contribution in [0.25, 0.3) is 10.2 Å². The van der Waals surface area contributed by atoms with E-state index in [0.717, 1.165) is 31.7 Å². The first-order valence-electron chi connectivity index (χ1n) is 9.20. The van der Waals surface area contributed by atoms with Gasteiger partial charge in [-0.1, -0.05) is 6.07 Å². The molecule has 4 rings (SSSR count). The number of hydrogen-bond acceptors (Lipinski definition) is 8. The molecule has 28 heavy (non-hydrogen) atoms. The SMILES string of the molecule is CC(c1ccc2scnc2c1)N1CCN(c2ncc(N=S(C)(C)=O)cn2)CC1. The summed E-state index contributed by atoms with van der Waals surface area (Å²) in [6.45, 7) is 5.89. The zero-order chi connectivity index (χ0) is 19.7. The lowest BCUT2D eigenvalue weighted by Gasteiger charge is -2.38. The molecule has 0 bridgehead atoms. The number of benzene rings is 1. The third-order valence-electron chi connectivity index (χ3n) is 4.93. The fourth-order valence-corrected chi connectivity index (χ4v) is 4.69. The number of nitrogens with zero attached hydrogens (tertiary/aromatic N) is 6. The first-order chi connectivity index (χ1) is 13.4. The molecule has 0 amide bonds. The van der Waals surface area contributed by atoms with E-state index in [2.05, 4.69) is 54.2 Å². The highest BCUT2D eigenvalue weighted by Crippen LogP contribution is 2.27. The summed E-state index contributed by atoms with van der Waals surface area (Å²) in [4.78, 5) is 17.9. The van der Waals surface area contributed by atoms with Crippen LogP contribution in [0.2, 0.25) is 0 Å². The van der Waals surface area contributed by atoms with Gasteiger partial charge in [-0.05, 0) is 24.6 Å². The minimum atomic E-state index is -2.20. The Labute approximate surface area is 169 Å². The molecule has 3 heterocycles. The highest BCUT2D eigenvalue weighted by Gasteiger charge is 2.23. The fraction of sp³-hybridized carbons (Fsp3) is 0.421. The zero-order valence-electron chi connectivity index (χ0n) is 16.3. The second-order valence-electron chi connectivity index (χ2n) is 7.29. The van der Waals surface area contributed by atoms with E-state index < -0.39 is 9.73 Å². The van der Waals surface area contributed by atoms with Gasteiger partial charge in [0.05, 0.1) is 28.1 Å². The summed E-state index contributed by atoms with van der Waals surface area (Å²) in [5, 5.41) is 0. The van der Waals surface area contributed by atoms with E-state index in [9.17, 15) is 4.21 Å². The molecule has 0 radical (unpaired) electrons. The van der Waals surface area contributed by atoms with Gasteiger partial charge in [0.2, 0.25) is 5.95 Å². The van der Waals surface area contributed by atoms with Crippen molar-refractivity contribution in [2.24, 2.45) is 4.36 Å². The first kappa shape index (κ1) is 19.2. The number of fused-ring (bicyclic) bond motifs is 1. The minimum absolute atomic E-state index is 0.345. The molecule has 1 aliphatic heterocycles. The molecule has 0 N–H and O–H groups in total. The average Bonchev–Trinajstić information content (AvgIpc) is 3.15. The van der Waals surface area contributed by atoms with Gasteiger partial charge in [0.15, 0.2) is 0 Å². The predicted octanol–water partition coefficient (Wildman–Crippen LogP) is 3.33. The summed E-state index contributed by atoms with van der Waals surface area (Å²) < 4.78 is 17.1. The second-order valence-corrected chi connectivity index (χ2v) is 10.7. The Morgan fingerprint density at radius 2 is 1.82 bits per heavy atom. The maximum atomic E-state index is 11.8. The summed E-state index contributed by atoms with van der Waals surface area (Å²) in [5.41, 5.74) is 4.84. The van der Waals surface area contributed by atoms with Gasteiger partial charge in [0.25, 0.3) is 0 Å². The van der Waals surface area contributed by atoms with Crippen molar-refractivity contribution in [3.63, 3.8) is 0 Å². The smallest absolute Gasteiger partial charge is 0.225 e. The largest absolute Gasteiger partial charge is 0.338 e. The molecule has 2 aromatic heterocycles. The maximum absolute atomic E-state index is 11.8. The Hall–Kier alpha value is -2.10. The molecule has 1 aliphatic rings. The first-order valence-corrected chi connectivity index (χ1v) is 12.4. The van der Waals surface area contributed by atoms with E-state index in [1.807, 2.05) is 5.51 Å². The van der Waals surface area contributed by atoms with Crippen molar-refractivity contribution in [2.45, 2.75) is 13.0 Å². The molecule has 0 spiro atoms. The molecule has 1 unspecified atom stereocenters. The van der Waals surface area contributed by atoms with Gasteiger partial charge in [0, 0.05) is 54.5 Å². The number of hydrogen-bond donors (Lipinski definition) is 0. The highest BCUT2D eigenvalue weighted by atomic mass is 32.2. The van der Waals surface area contributed by atoms with Gasteiger partial charge in [-0.15, -0.1) is 11.3 Å². The van der Waals surface area contributed by atoms with Gasteiger partial charge in [-0.2, -0.15) is 4.36 Å². The molecule has 3 aromatic rings. The molecular formula is C19H24N6OS2. The molecule has 148 valence electrons. The molecule has 1 fully saturated rings. The van der Waals surface area contributed by atoms with E-state index in [4.69, 9.17) is 0 Å². The summed E-state index contributed by atoms with van der Waals surface area (Å²) in [5.74, 6) is 0.703. The van der Waals surface area contributed by atoms with Crippen LogP contribution in [0.1, 0.15) is 18.5 Å². The number of aromatic nitrogens is 3. The molecule has 9 heteroatoms. The van der Waals surface area contributed by atoms with E-state index >= 15 is 0 Å². The molecule has 1 saturated heterocycles. The zero-order valence-corrected chi connectivity index (χ0v) is 17.9. The highest BCUT2D eigenvalue weighted by molar-refractivity contribution is 7.92. The number of rotatable bonds is 4. The van der Waals surface area contributed by atoms with Crippen molar-refractivity contribution in [2.75, 3.05) is 43.6 Å². The van der Waals surface area contributed by atoms with Crippen LogP contribution in [0.5, 0.6) is 0 Å². The Kier molecular flexibility index (Phi) is 5.31. The van der Waals surface area contributed by atoms with E-state index in [1.165, 1.54) is 10.3 Å². The van der Waals surface area contributed by atoms with E-state index in [0.29, 0.717) is 17.7 Å². The number of piperazine rings is 1. The van der Waals surface area contributed by atoms with Crippen molar-refractivity contribution in [1.82, 2.24) is 19.9 Å². The molecule has 7 nitrogen and oxygen atoms in total. The van der Waals surface area contributed by atoms with Gasteiger partial charge >= 0.3 is 0 Å². The van der Waals surface area contributed by atoms with Crippen molar-refractivity contribution in [1.29, 1.82) is 0 Å². The van der Waals surface area contributed by atoms with Crippen LogP contribution in [0.3, 0.4) is 0 Å². The topological polar surface area (TPSA) is 74.6 Å². The second kappa shape index (κ2) is 7.73. The van der Waals surface area contributed by atoms with Gasteiger partial charge in [-0.3, -0.25) is 4.90 Å². The Morgan fingerprint density at radius 3 is 2.50 bits per heavy atom. The van der Waals surface area contributed by atoms with E-state index in [-0.39, 0.29) is 0 Å². The minimum Gasteiger partial charge on any atom is -0.338 e. The Balaban J connectivity index is 1.40. The fourth-order valence-electron chi connectivity index (χ4n) is 3.43. The van der Waals surface area contributed by atoms with Crippen molar-refractivity contribution < 1.29 is 4.21 Å². The third-order valence-corrected chi connectivity index (χ3v) is 6.39. The standard InChI is InChI=1S/C19H24N6OS2/c1-14(15-4-5-18-17(10-15)22-13-27-18)24-6-8-25(9-7-24)19-20-11-16(12-21-19)23-28(2,3)26/h4-5,10-14H,6-9H2,1-3H3. The Bertz CT molecular complexity index is 1070. The molecule has 0 aliphatic carbocycles.